The van der Waals surface area contributed by atoms with Crippen LogP contribution in [0, 0.1) is 19.8 Å². The van der Waals surface area contributed by atoms with Gasteiger partial charge in [0.1, 0.15) is 11.4 Å². The van der Waals surface area contributed by atoms with E-state index < -0.39 is 11.5 Å². The van der Waals surface area contributed by atoms with Gasteiger partial charge in [-0.05, 0) is 57.1 Å². The average Bonchev–Trinajstić information content (AvgIpc) is 2.40. The fraction of sp³-hybridized carbons (Fsp3) is 0.625. The Morgan fingerprint density at radius 1 is 1.43 bits per heavy atom. The van der Waals surface area contributed by atoms with E-state index in [4.69, 9.17) is 0 Å². The average molecular weight is 292 g/mol. The topological polar surface area (TPSA) is 82.5 Å². The maximum atomic E-state index is 11.5. The van der Waals surface area contributed by atoms with Crippen molar-refractivity contribution in [2.45, 2.75) is 52.0 Å². The maximum Gasteiger partial charge on any atom is 0.339 e. The summed E-state index contributed by atoms with van der Waals surface area (Å²) in [7, 11) is 0. The van der Waals surface area contributed by atoms with E-state index >= 15 is 0 Å². The first-order chi connectivity index (χ1) is 9.87. The molecule has 1 aromatic heterocycles. The molecule has 0 saturated heterocycles. The fourth-order valence-electron chi connectivity index (χ4n) is 3.09. The molecule has 1 aliphatic carbocycles. The lowest BCUT2D eigenvalue weighted by atomic mass is 9.77. The Morgan fingerprint density at radius 3 is 2.57 bits per heavy atom. The number of anilines is 1. The Morgan fingerprint density at radius 2 is 2.05 bits per heavy atom. The van der Waals surface area contributed by atoms with Gasteiger partial charge in [-0.15, -0.1) is 0 Å². The number of aromatic nitrogens is 1. The molecule has 5 heteroatoms. The van der Waals surface area contributed by atoms with Gasteiger partial charge >= 0.3 is 5.97 Å². The lowest BCUT2D eigenvalue weighted by Gasteiger charge is -2.39. The third-order valence-electron chi connectivity index (χ3n) is 4.48. The van der Waals surface area contributed by atoms with Gasteiger partial charge in [0.25, 0.3) is 0 Å². The number of hydrogen-bond donors (Lipinski definition) is 3. The molecule has 0 aromatic carbocycles. The molecular formula is C16H24N2O3. The van der Waals surface area contributed by atoms with Crippen LogP contribution in [0.5, 0.6) is 0 Å². The zero-order chi connectivity index (χ0) is 15.6. The van der Waals surface area contributed by atoms with E-state index in [9.17, 15) is 15.0 Å². The van der Waals surface area contributed by atoms with Crippen LogP contribution in [0.1, 0.15) is 54.2 Å². The minimum Gasteiger partial charge on any atom is -0.478 e. The first-order valence-corrected chi connectivity index (χ1v) is 7.47. The number of nitrogens with zero attached hydrogens (tertiary/aromatic N) is 1. The largest absolute Gasteiger partial charge is 0.478 e. The van der Waals surface area contributed by atoms with Crippen LogP contribution in [-0.4, -0.2) is 33.3 Å². The van der Waals surface area contributed by atoms with Crippen molar-refractivity contribution >= 4 is 11.8 Å². The van der Waals surface area contributed by atoms with Gasteiger partial charge in [0.2, 0.25) is 0 Å². The van der Waals surface area contributed by atoms with Crippen LogP contribution in [0.15, 0.2) is 6.07 Å². The summed E-state index contributed by atoms with van der Waals surface area (Å²) < 4.78 is 0. The highest BCUT2D eigenvalue weighted by atomic mass is 16.4. The minimum absolute atomic E-state index is 0.00650. The van der Waals surface area contributed by atoms with Gasteiger partial charge in [0.05, 0.1) is 12.1 Å². The molecule has 5 nitrogen and oxygen atoms in total. The molecule has 3 N–H and O–H groups in total. The molecular weight excluding hydrogens is 268 g/mol. The minimum atomic E-state index is -0.986. The van der Waals surface area contributed by atoms with Crippen LogP contribution >= 0.6 is 0 Å². The molecule has 0 atom stereocenters. The van der Waals surface area contributed by atoms with Gasteiger partial charge in [0, 0.05) is 5.69 Å². The molecule has 1 saturated carbocycles. The SMILES string of the molecule is Cc1cc(C)c(C(=O)O)c(NC2(CO)CCC(C)CC2)n1. The summed E-state index contributed by atoms with van der Waals surface area (Å²) in [6.07, 6.45) is 3.72. The van der Waals surface area contributed by atoms with Crippen LogP contribution in [-0.2, 0) is 0 Å². The van der Waals surface area contributed by atoms with E-state index in [2.05, 4.69) is 17.2 Å². The van der Waals surface area contributed by atoms with Crippen molar-refractivity contribution in [2.24, 2.45) is 5.92 Å². The van der Waals surface area contributed by atoms with E-state index in [1.54, 1.807) is 13.0 Å². The standard InChI is InChI=1S/C16H24N2O3/c1-10-4-6-16(9-19,7-5-10)18-14-13(15(20)21)11(2)8-12(3)17-14/h8,10,19H,4-7,9H2,1-3H3,(H,17,18)(H,20,21). The van der Waals surface area contributed by atoms with Crippen molar-refractivity contribution in [3.8, 4) is 0 Å². The second kappa shape index (κ2) is 6.02. The number of rotatable bonds is 4. The first-order valence-electron chi connectivity index (χ1n) is 7.47. The Kier molecular flexibility index (Phi) is 4.52. The molecule has 1 heterocycles. The Balaban J connectivity index is 2.35. The van der Waals surface area contributed by atoms with Crippen LogP contribution in [0.4, 0.5) is 5.82 Å². The molecule has 1 fully saturated rings. The third kappa shape index (κ3) is 3.35. The molecule has 2 rings (SSSR count). The summed E-state index contributed by atoms with van der Waals surface area (Å²) in [5.74, 6) is 0.0426. The zero-order valence-electron chi connectivity index (χ0n) is 12.9. The quantitative estimate of drug-likeness (QED) is 0.795. The number of pyridine rings is 1. The Labute approximate surface area is 125 Å². The Bertz CT molecular complexity index is 535. The van der Waals surface area contributed by atoms with E-state index in [0.717, 1.165) is 31.4 Å². The first kappa shape index (κ1) is 15.8. The smallest absolute Gasteiger partial charge is 0.339 e. The molecule has 0 radical (unpaired) electrons. The second-order valence-corrected chi connectivity index (χ2v) is 6.36. The van der Waals surface area contributed by atoms with Crippen molar-refractivity contribution in [2.75, 3.05) is 11.9 Å². The van der Waals surface area contributed by atoms with E-state index in [1.165, 1.54) is 0 Å². The number of carbonyl (C=O) groups is 1. The van der Waals surface area contributed by atoms with Crippen molar-refractivity contribution in [1.82, 2.24) is 4.98 Å². The number of aromatic carboxylic acids is 1. The van der Waals surface area contributed by atoms with E-state index in [1.807, 2.05) is 6.92 Å². The molecule has 1 aromatic rings. The summed E-state index contributed by atoms with van der Waals surface area (Å²) in [5, 5.41) is 22.5. The van der Waals surface area contributed by atoms with Gasteiger partial charge < -0.3 is 15.5 Å². The van der Waals surface area contributed by atoms with Crippen molar-refractivity contribution in [1.29, 1.82) is 0 Å². The number of hydrogen-bond acceptors (Lipinski definition) is 4. The highest BCUT2D eigenvalue weighted by Gasteiger charge is 2.35. The molecule has 116 valence electrons. The summed E-state index contributed by atoms with van der Waals surface area (Å²) in [4.78, 5) is 15.9. The fourth-order valence-corrected chi connectivity index (χ4v) is 3.09. The van der Waals surface area contributed by atoms with E-state index in [0.29, 0.717) is 17.3 Å². The number of aryl methyl sites for hydroxylation is 2. The number of nitrogens with one attached hydrogen (secondary N) is 1. The summed E-state index contributed by atoms with van der Waals surface area (Å²) in [5.41, 5.74) is 1.21. The lowest BCUT2D eigenvalue weighted by Crippen LogP contribution is -2.45. The van der Waals surface area contributed by atoms with Crippen molar-refractivity contribution in [3.05, 3.63) is 22.9 Å². The van der Waals surface area contributed by atoms with Crippen molar-refractivity contribution < 1.29 is 15.0 Å². The van der Waals surface area contributed by atoms with Gasteiger partial charge in [0.15, 0.2) is 0 Å². The lowest BCUT2D eigenvalue weighted by molar-refractivity contribution is 0.0696. The summed E-state index contributed by atoms with van der Waals surface area (Å²) in [6.45, 7) is 5.82. The van der Waals surface area contributed by atoms with Crippen LogP contribution in [0.2, 0.25) is 0 Å². The predicted molar refractivity (Wildman–Crippen MR) is 81.7 cm³/mol. The summed E-state index contributed by atoms with van der Waals surface area (Å²) >= 11 is 0. The molecule has 0 bridgehead atoms. The predicted octanol–water partition coefficient (Wildman–Crippen LogP) is 2.75. The van der Waals surface area contributed by atoms with Crippen LogP contribution in [0.25, 0.3) is 0 Å². The van der Waals surface area contributed by atoms with Crippen LogP contribution in [0.3, 0.4) is 0 Å². The summed E-state index contributed by atoms with van der Waals surface area (Å²) in [6, 6.07) is 1.77. The number of carboxylic acid groups (broad SMARTS) is 1. The van der Waals surface area contributed by atoms with Crippen LogP contribution < -0.4 is 5.32 Å². The highest BCUT2D eigenvalue weighted by molar-refractivity contribution is 5.95. The monoisotopic (exact) mass is 292 g/mol. The van der Waals surface area contributed by atoms with Crippen molar-refractivity contribution in [3.63, 3.8) is 0 Å². The van der Waals surface area contributed by atoms with Gasteiger partial charge in [-0.2, -0.15) is 0 Å². The zero-order valence-corrected chi connectivity index (χ0v) is 12.9. The molecule has 0 amide bonds. The van der Waals surface area contributed by atoms with Gasteiger partial charge in [-0.25, -0.2) is 9.78 Å². The molecule has 1 aliphatic rings. The third-order valence-corrected chi connectivity index (χ3v) is 4.48. The molecule has 0 unspecified atom stereocenters. The number of carboxylic acids is 1. The van der Waals surface area contributed by atoms with Gasteiger partial charge in [-0.3, -0.25) is 0 Å². The molecule has 0 aliphatic heterocycles. The van der Waals surface area contributed by atoms with Gasteiger partial charge in [-0.1, -0.05) is 6.92 Å². The molecule has 21 heavy (non-hydrogen) atoms. The Hall–Kier alpha value is -1.62. The number of aliphatic hydroxyl groups excluding tert-OH is 1. The maximum absolute atomic E-state index is 11.5. The second-order valence-electron chi connectivity index (χ2n) is 6.36. The highest BCUT2D eigenvalue weighted by Crippen LogP contribution is 2.35. The number of aliphatic hydroxyl groups is 1. The van der Waals surface area contributed by atoms with E-state index in [-0.39, 0.29) is 12.2 Å². The normalized spacial score (nSPS) is 25.6. The molecule has 0 spiro atoms.